The van der Waals surface area contributed by atoms with Crippen molar-refractivity contribution in [2.24, 2.45) is 0 Å². The van der Waals surface area contributed by atoms with Gasteiger partial charge >= 0.3 is 0 Å². The molecule has 0 saturated heterocycles. The maximum absolute atomic E-state index is 9.31. The Morgan fingerprint density at radius 3 is 2.81 bits per heavy atom. The molecule has 0 bridgehead atoms. The van der Waals surface area contributed by atoms with Gasteiger partial charge in [0.1, 0.15) is 35.7 Å². The standard InChI is InChI=1S/C18H16BrN3O4/c1-23-7-6-21-16-5-2-12(11-20)17(22-16)26-13-3-4-15(19)14(10-13)18-24-8-9-25-18/h2-5,8-10,18H,6-7H2,1H3,(H,21,22). The second-order valence-corrected chi connectivity index (χ2v) is 6.10. The van der Waals surface area contributed by atoms with E-state index in [0.29, 0.717) is 30.3 Å². The zero-order valence-corrected chi connectivity index (χ0v) is 15.5. The molecule has 1 aromatic carbocycles. The molecule has 0 saturated carbocycles. The van der Waals surface area contributed by atoms with E-state index < -0.39 is 6.29 Å². The van der Waals surface area contributed by atoms with E-state index in [1.165, 1.54) is 12.5 Å². The van der Waals surface area contributed by atoms with Crippen molar-refractivity contribution in [3.05, 3.63) is 58.5 Å². The van der Waals surface area contributed by atoms with Crippen LogP contribution in [0.1, 0.15) is 17.4 Å². The van der Waals surface area contributed by atoms with Crippen molar-refractivity contribution in [3.8, 4) is 17.7 Å². The number of hydrogen-bond donors (Lipinski definition) is 1. The fourth-order valence-corrected chi connectivity index (χ4v) is 2.68. The van der Waals surface area contributed by atoms with Gasteiger partial charge in [0.05, 0.1) is 12.2 Å². The Kier molecular flexibility index (Phi) is 5.94. The highest BCUT2D eigenvalue weighted by Crippen LogP contribution is 2.34. The summed E-state index contributed by atoms with van der Waals surface area (Å²) in [4.78, 5) is 4.36. The predicted molar refractivity (Wildman–Crippen MR) is 97.6 cm³/mol. The lowest BCUT2D eigenvalue weighted by molar-refractivity contribution is -0.0252. The Morgan fingerprint density at radius 2 is 2.08 bits per heavy atom. The molecule has 0 radical (unpaired) electrons. The fraction of sp³-hybridized carbons (Fsp3) is 0.222. The second kappa shape index (κ2) is 8.56. The third-order valence-electron chi connectivity index (χ3n) is 3.49. The zero-order valence-electron chi connectivity index (χ0n) is 13.9. The van der Waals surface area contributed by atoms with Crippen molar-refractivity contribution in [1.29, 1.82) is 5.26 Å². The quantitative estimate of drug-likeness (QED) is 0.678. The van der Waals surface area contributed by atoms with Crippen LogP contribution in [0.5, 0.6) is 11.6 Å². The summed E-state index contributed by atoms with van der Waals surface area (Å²) in [5.74, 6) is 1.33. The van der Waals surface area contributed by atoms with E-state index >= 15 is 0 Å². The van der Waals surface area contributed by atoms with Gasteiger partial charge in [0, 0.05) is 18.1 Å². The molecule has 8 heteroatoms. The van der Waals surface area contributed by atoms with Gasteiger partial charge in [-0.1, -0.05) is 15.9 Å². The molecule has 7 nitrogen and oxygen atoms in total. The number of anilines is 1. The molecule has 0 unspecified atom stereocenters. The van der Waals surface area contributed by atoms with Crippen LogP contribution in [-0.4, -0.2) is 25.2 Å². The Hall–Kier alpha value is -2.76. The number of rotatable bonds is 7. The number of methoxy groups -OCH3 is 1. The van der Waals surface area contributed by atoms with Crippen molar-refractivity contribution in [1.82, 2.24) is 4.98 Å². The van der Waals surface area contributed by atoms with E-state index in [1.54, 1.807) is 31.4 Å². The Balaban J connectivity index is 1.82. The Bertz CT molecular complexity index is 843. The number of nitrogens with one attached hydrogen (secondary N) is 1. The van der Waals surface area contributed by atoms with Crippen molar-refractivity contribution >= 4 is 21.7 Å². The SMILES string of the molecule is COCCNc1ccc(C#N)c(Oc2ccc(Br)c(C3OC=CO3)c2)n1. The highest BCUT2D eigenvalue weighted by atomic mass is 79.9. The molecule has 0 spiro atoms. The van der Waals surface area contributed by atoms with Gasteiger partial charge in [0.2, 0.25) is 5.88 Å². The van der Waals surface area contributed by atoms with Crippen LogP contribution in [0.15, 0.2) is 47.3 Å². The molecule has 1 aliphatic rings. The number of hydrogen-bond acceptors (Lipinski definition) is 7. The van der Waals surface area contributed by atoms with Gasteiger partial charge < -0.3 is 24.3 Å². The van der Waals surface area contributed by atoms with E-state index in [2.05, 4.69) is 32.3 Å². The summed E-state index contributed by atoms with van der Waals surface area (Å²) in [6, 6.07) is 10.8. The van der Waals surface area contributed by atoms with Crippen LogP contribution in [0, 0.1) is 11.3 Å². The molecular formula is C18H16BrN3O4. The first-order chi connectivity index (χ1) is 12.7. The Morgan fingerprint density at radius 1 is 1.27 bits per heavy atom. The monoisotopic (exact) mass is 417 g/mol. The Labute approximate surface area is 159 Å². The molecule has 3 rings (SSSR count). The summed E-state index contributed by atoms with van der Waals surface area (Å²) >= 11 is 3.47. The summed E-state index contributed by atoms with van der Waals surface area (Å²) in [7, 11) is 1.63. The van der Waals surface area contributed by atoms with E-state index in [-0.39, 0.29) is 5.88 Å². The third kappa shape index (κ3) is 4.25. The highest BCUT2D eigenvalue weighted by molar-refractivity contribution is 9.10. The summed E-state index contributed by atoms with van der Waals surface area (Å²) in [6.07, 6.45) is 2.42. The molecular weight excluding hydrogens is 402 g/mol. The number of benzene rings is 1. The first-order valence-electron chi connectivity index (χ1n) is 7.78. The van der Waals surface area contributed by atoms with Crippen molar-refractivity contribution in [3.63, 3.8) is 0 Å². The van der Waals surface area contributed by atoms with Gasteiger partial charge in [-0.25, -0.2) is 0 Å². The number of ether oxygens (including phenoxy) is 4. The molecule has 2 heterocycles. The number of nitriles is 1. The lowest BCUT2D eigenvalue weighted by Gasteiger charge is -2.14. The van der Waals surface area contributed by atoms with Crippen molar-refractivity contribution in [2.75, 3.05) is 25.6 Å². The zero-order chi connectivity index (χ0) is 18.4. The van der Waals surface area contributed by atoms with Gasteiger partial charge in [-0.2, -0.15) is 10.2 Å². The molecule has 0 aliphatic carbocycles. The minimum atomic E-state index is -0.543. The lowest BCUT2D eigenvalue weighted by atomic mass is 10.2. The topological polar surface area (TPSA) is 85.6 Å². The average Bonchev–Trinajstić information content (AvgIpc) is 3.18. The van der Waals surface area contributed by atoms with E-state index in [0.717, 1.165) is 10.0 Å². The number of halogens is 1. The van der Waals surface area contributed by atoms with Crippen molar-refractivity contribution in [2.45, 2.75) is 6.29 Å². The minimum absolute atomic E-state index is 0.217. The molecule has 26 heavy (non-hydrogen) atoms. The van der Waals surface area contributed by atoms with E-state index in [9.17, 15) is 5.26 Å². The third-order valence-corrected chi connectivity index (χ3v) is 4.21. The molecule has 0 amide bonds. The smallest absolute Gasteiger partial charge is 0.267 e. The van der Waals surface area contributed by atoms with Crippen LogP contribution in [0.25, 0.3) is 0 Å². The van der Waals surface area contributed by atoms with Crippen LogP contribution in [0.2, 0.25) is 0 Å². The maximum atomic E-state index is 9.31. The molecule has 134 valence electrons. The van der Waals surface area contributed by atoms with E-state index in [4.69, 9.17) is 18.9 Å². The van der Waals surface area contributed by atoms with Crippen LogP contribution >= 0.6 is 15.9 Å². The summed E-state index contributed by atoms with van der Waals surface area (Å²) in [6.45, 7) is 1.14. The van der Waals surface area contributed by atoms with Crippen LogP contribution in [0.3, 0.4) is 0 Å². The van der Waals surface area contributed by atoms with E-state index in [1.807, 2.05) is 6.07 Å². The molecule has 2 aromatic rings. The summed E-state index contributed by atoms with van der Waals surface area (Å²) in [5, 5.41) is 12.4. The maximum Gasteiger partial charge on any atom is 0.267 e. The fourth-order valence-electron chi connectivity index (χ4n) is 2.25. The lowest BCUT2D eigenvalue weighted by Crippen LogP contribution is -2.09. The highest BCUT2D eigenvalue weighted by Gasteiger charge is 2.20. The van der Waals surface area contributed by atoms with Gasteiger partial charge in [-0.05, 0) is 30.3 Å². The molecule has 0 atom stereocenters. The predicted octanol–water partition coefficient (Wildman–Crippen LogP) is 4.08. The van der Waals surface area contributed by atoms with Gasteiger partial charge in [-0.15, -0.1) is 0 Å². The van der Waals surface area contributed by atoms with Crippen LogP contribution in [-0.2, 0) is 14.2 Å². The second-order valence-electron chi connectivity index (χ2n) is 5.24. The summed E-state index contributed by atoms with van der Waals surface area (Å²) < 4.78 is 22.4. The number of aromatic nitrogens is 1. The normalized spacial score (nSPS) is 13.0. The van der Waals surface area contributed by atoms with Gasteiger partial charge in [0.25, 0.3) is 6.29 Å². The molecule has 0 fully saturated rings. The number of nitrogens with zero attached hydrogens (tertiary/aromatic N) is 2. The van der Waals surface area contributed by atoms with Crippen molar-refractivity contribution < 1.29 is 18.9 Å². The number of pyridine rings is 1. The molecule has 1 aliphatic heterocycles. The average molecular weight is 418 g/mol. The molecule has 1 aromatic heterocycles. The first kappa shape index (κ1) is 18.0. The largest absolute Gasteiger partial charge is 0.455 e. The molecule has 1 N–H and O–H groups in total. The van der Waals surface area contributed by atoms with Crippen LogP contribution in [0.4, 0.5) is 5.82 Å². The summed E-state index contributed by atoms with van der Waals surface area (Å²) in [5.41, 5.74) is 1.10. The first-order valence-corrected chi connectivity index (χ1v) is 8.58. The van der Waals surface area contributed by atoms with Crippen LogP contribution < -0.4 is 10.1 Å². The van der Waals surface area contributed by atoms with Gasteiger partial charge in [-0.3, -0.25) is 0 Å². The van der Waals surface area contributed by atoms with Gasteiger partial charge in [0.15, 0.2) is 0 Å². The minimum Gasteiger partial charge on any atom is -0.455 e.